The molecule has 0 saturated carbocycles. The molecule has 2 nitrogen and oxygen atoms in total. The molecular formula is C62H40N2. The highest BCUT2D eigenvalue weighted by Crippen LogP contribution is 2.37. The van der Waals surface area contributed by atoms with Crippen molar-refractivity contribution < 1.29 is 0 Å². The van der Waals surface area contributed by atoms with Gasteiger partial charge in [-0.05, 0) is 127 Å². The number of benzene rings is 11. The van der Waals surface area contributed by atoms with E-state index >= 15 is 0 Å². The molecule has 0 bridgehead atoms. The fourth-order valence-electron chi connectivity index (χ4n) is 10.1. The quantitative estimate of drug-likeness (QED) is 0.148. The number of hydrogen-bond acceptors (Lipinski definition) is 0. The number of nitrogens with zero attached hydrogens (tertiary/aromatic N) is 2. The van der Waals surface area contributed by atoms with Gasteiger partial charge in [0, 0.05) is 32.9 Å². The summed E-state index contributed by atoms with van der Waals surface area (Å²) in [5, 5.41) is 10.1. The van der Waals surface area contributed by atoms with Gasteiger partial charge < -0.3 is 9.13 Å². The minimum atomic E-state index is 1.17. The van der Waals surface area contributed by atoms with Crippen LogP contribution in [0, 0.1) is 0 Å². The second kappa shape index (κ2) is 14.6. The molecule has 0 aliphatic rings. The average molecular weight is 813 g/mol. The molecule has 13 rings (SSSR count). The van der Waals surface area contributed by atoms with Crippen LogP contribution >= 0.6 is 0 Å². The number of fused-ring (bicyclic) bond motifs is 9. The van der Waals surface area contributed by atoms with Gasteiger partial charge in [-0.3, -0.25) is 0 Å². The summed E-state index contributed by atoms with van der Waals surface area (Å²) in [5.41, 5.74) is 16.9. The molecule has 2 aromatic heterocycles. The lowest BCUT2D eigenvalue weighted by molar-refractivity contribution is 1.18. The Kier molecular flexibility index (Phi) is 8.25. The lowest BCUT2D eigenvalue weighted by Crippen LogP contribution is -1.93. The Morgan fingerprint density at radius 3 is 0.734 bits per heavy atom. The third kappa shape index (κ3) is 5.88. The van der Waals surface area contributed by atoms with E-state index in [4.69, 9.17) is 0 Å². The maximum Gasteiger partial charge on any atom is 0.0541 e. The van der Waals surface area contributed by atoms with Gasteiger partial charge in [-0.15, -0.1) is 0 Å². The summed E-state index contributed by atoms with van der Waals surface area (Å²) < 4.78 is 4.74. The molecular weight excluding hydrogens is 773 g/mol. The molecule has 13 aromatic rings. The smallest absolute Gasteiger partial charge is 0.0541 e. The molecule has 2 heteroatoms. The second-order valence-electron chi connectivity index (χ2n) is 16.9. The molecule has 64 heavy (non-hydrogen) atoms. The SMILES string of the molecule is c1ccc2c(c1)c1ccccc1n2-c1ccc(-c2ccc(-c3ccc4ccc5ccc(-c6ccc(-c7ccc(-n8c9ccccc9c9ccccc98)cc7)cc6)cc5c4c3)cc2)cc1. The van der Waals surface area contributed by atoms with Crippen LogP contribution in [0.15, 0.2) is 243 Å². The Labute approximate surface area is 371 Å². The summed E-state index contributed by atoms with van der Waals surface area (Å²) in [4.78, 5) is 0. The van der Waals surface area contributed by atoms with Gasteiger partial charge in [0.25, 0.3) is 0 Å². The zero-order valence-electron chi connectivity index (χ0n) is 35.0. The van der Waals surface area contributed by atoms with E-state index in [1.54, 1.807) is 0 Å². The molecule has 0 spiro atoms. The van der Waals surface area contributed by atoms with Crippen LogP contribution in [0.2, 0.25) is 0 Å². The van der Waals surface area contributed by atoms with Crippen molar-refractivity contribution in [1.82, 2.24) is 9.13 Å². The molecule has 298 valence electrons. The third-order valence-electron chi connectivity index (χ3n) is 13.4. The van der Waals surface area contributed by atoms with Crippen molar-refractivity contribution in [2.45, 2.75) is 0 Å². The van der Waals surface area contributed by atoms with Crippen LogP contribution in [0.4, 0.5) is 0 Å². The number of hydrogen-bond donors (Lipinski definition) is 0. The maximum atomic E-state index is 2.37. The van der Waals surface area contributed by atoms with Crippen molar-refractivity contribution in [3.63, 3.8) is 0 Å². The van der Waals surface area contributed by atoms with Crippen molar-refractivity contribution in [3.05, 3.63) is 243 Å². The van der Waals surface area contributed by atoms with Crippen LogP contribution in [-0.2, 0) is 0 Å². The molecule has 0 unspecified atom stereocenters. The van der Waals surface area contributed by atoms with E-state index < -0.39 is 0 Å². The first kappa shape index (κ1) is 36.2. The minimum absolute atomic E-state index is 1.17. The molecule has 0 amide bonds. The summed E-state index contributed by atoms with van der Waals surface area (Å²) in [5.74, 6) is 0. The van der Waals surface area contributed by atoms with E-state index in [0.717, 1.165) is 0 Å². The largest absolute Gasteiger partial charge is 0.309 e. The van der Waals surface area contributed by atoms with Gasteiger partial charge in [-0.2, -0.15) is 0 Å². The van der Waals surface area contributed by atoms with Crippen LogP contribution in [0.1, 0.15) is 0 Å². The Bertz CT molecular complexity index is 3540. The van der Waals surface area contributed by atoms with Gasteiger partial charge in [0.1, 0.15) is 0 Å². The van der Waals surface area contributed by atoms with Gasteiger partial charge >= 0.3 is 0 Å². The lowest BCUT2D eigenvalue weighted by atomic mass is 9.93. The first-order valence-electron chi connectivity index (χ1n) is 22.1. The van der Waals surface area contributed by atoms with Crippen molar-refractivity contribution in [1.29, 1.82) is 0 Å². The Balaban J connectivity index is 0.773. The topological polar surface area (TPSA) is 9.86 Å². The van der Waals surface area contributed by atoms with Crippen molar-refractivity contribution >= 4 is 65.2 Å². The predicted molar refractivity (Wildman–Crippen MR) is 272 cm³/mol. The highest BCUT2D eigenvalue weighted by molar-refractivity contribution is 6.11. The van der Waals surface area contributed by atoms with E-state index in [1.807, 2.05) is 0 Å². The molecule has 0 aliphatic carbocycles. The zero-order valence-corrected chi connectivity index (χ0v) is 35.0. The van der Waals surface area contributed by atoms with E-state index in [9.17, 15) is 0 Å². The average Bonchev–Trinajstić information content (AvgIpc) is 3.89. The second-order valence-corrected chi connectivity index (χ2v) is 16.9. The number of para-hydroxylation sites is 4. The van der Waals surface area contributed by atoms with E-state index in [-0.39, 0.29) is 0 Å². The standard InChI is InChI=1S/C62H40N2/c1-5-13-59-53(9-1)54-10-2-6-14-60(54)63(59)51-35-31-43(32-36-51)41-17-21-45(22-18-41)49-29-27-47-25-26-48-28-30-50(40-58(48)57(47)39-49)46-23-19-42(20-24-46)44-33-37-52(38-34-44)64-61-15-7-3-11-55(61)56-12-4-8-16-62(56)64/h1-40H. The minimum Gasteiger partial charge on any atom is -0.309 e. The fourth-order valence-corrected chi connectivity index (χ4v) is 10.1. The molecule has 0 aliphatic heterocycles. The molecule has 0 radical (unpaired) electrons. The summed E-state index contributed by atoms with van der Waals surface area (Å²) in [7, 11) is 0. The highest BCUT2D eigenvalue weighted by atomic mass is 15.0. The van der Waals surface area contributed by atoms with Crippen LogP contribution in [0.5, 0.6) is 0 Å². The highest BCUT2D eigenvalue weighted by Gasteiger charge is 2.14. The Hall–Kier alpha value is -8.46. The monoisotopic (exact) mass is 812 g/mol. The first-order chi connectivity index (χ1) is 31.7. The lowest BCUT2D eigenvalue weighted by Gasteiger charge is -2.12. The van der Waals surface area contributed by atoms with Gasteiger partial charge in [0.2, 0.25) is 0 Å². The predicted octanol–water partition coefficient (Wildman–Crippen LogP) is 16.9. The summed E-state index contributed by atoms with van der Waals surface area (Å²) in [6.45, 7) is 0. The van der Waals surface area contributed by atoms with Crippen LogP contribution < -0.4 is 0 Å². The maximum absolute atomic E-state index is 2.37. The first-order valence-corrected chi connectivity index (χ1v) is 22.1. The molecule has 11 aromatic carbocycles. The molecule has 0 fully saturated rings. The summed E-state index contributed by atoms with van der Waals surface area (Å²) >= 11 is 0. The molecule has 0 N–H and O–H groups in total. The summed E-state index contributed by atoms with van der Waals surface area (Å²) in [6.07, 6.45) is 0. The van der Waals surface area contributed by atoms with Crippen LogP contribution in [0.3, 0.4) is 0 Å². The zero-order chi connectivity index (χ0) is 42.1. The number of rotatable bonds is 6. The van der Waals surface area contributed by atoms with Gasteiger partial charge in [0.15, 0.2) is 0 Å². The van der Waals surface area contributed by atoms with E-state index in [1.165, 1.54) is 121 Å². The normalized spacial score (nSPS) is 11.8. The molecule has 2 heterocycles. The van der Waals surface area contributed by atoms with Crippen LogP contribution in [-0.4, -0.2) is 9.13 Å². The van der Waals surface area contributed by atoms with E-state index in [2.05, 4.69) is 252 Å². The summed E-state index contributed by atoms with van der Waals surface area (Å²) in [6, 6.07) is 88.9. The molecule has 0 saturated heterocycles. The Morgan fingerprint density at radius 1 is 0.188 bits per heavy atom. The van der Waals surface area contributed by atoms with E-state index in [0.29, 0.717) is 0 Å². The van der Waals surface area contributed by atoms with Crippen molar-refractivity contribution in [3.8, 4) is 55.9 Å². The number of aromatic nitrogens is 2. The van der Waals surface area contributed by atoms with Crippen LogP contribution in [0.25, 0.3) is 121 Å². The van der Waals surface area contributed by atoms with Gasteiger partial charge in [-0.25, -0.2) is 0 Å². The molecule has 0 atom stereocenters. The fraction of sp³-hybridized carbons (Fsp3) is 0. The van der Waals surface area contributed by atoms with Gasteiger partial charge in [-0.1, -0.05) is 182 Å². The van der Waals surface area contributed by atoms with Gasteiger partial charge in [0.05, 0.1) is 22.1 Å². The Morgan fingerprint density at radius 2 is 0.422 bits per heavy atom. The van der Waals surface area contributed by atoms with Crippen molar-refractivity contribution in [2.75, 3.05) is 0 Å². The third-order valence-corrected chi connectivity index (χ3v) is 13.4. The van der Waals surface area contributed by atoms with Crippen molar-refractivity contribution in [2.24, 2.45) is 0 Å².